The number of halogens is 3. The fourth-order valence-corrected chi connectivity index (χ4v) is 6.97. The highest BCUT2D eigenvalue weighted by atomic mass is 19.4. The van der Waals surface area contributed by atoms with Gasteiger partial charge in [-0.3, -0.25) is 9.69 Å². The topological polar surface area (TPSA) is 89.9 Å². The number of carbonyl (C=O) groups excluding carboxylic acids is 1. The molecule has 1 aliphatic carbocycles. The number of carboxylic acid groups (broad SMARTS) is 1. The van der Waals surface area contributed by atoms with Crippen LogP contribution in [0.3, 0.4) is 0 Å². The lowest BCUT2D eigenvalue weighted by atomic mass is 9.82. The summed E-state index contributed by atoms with van der Waals surface area (Å²) in [4.78, 5) is 25.2. The van der Waals surface area contributed by atoms with Gasteiger partial charge in [0.2, 0.25) is 0 Å². The quantitative estimate of drug-likeness (QED) is 0.290. The fraction of sp³-hybridized carbons (Fsp3) is 0.412. The van der Waals surface area contributed by atoms with Gasteiger partial charge in [-0.1, -0.05) is 84.9 Å². The summed E-state index contributed by atoms with van der Waals surface area (Å²) in [6.45, 7) is 1.17. The number of nitrogens with zero attached hydrogens (tertiary/aromatic N) is 1. The molecule has 6 nitrogen and oxygen atoms in total. The van der Waals surface area contributed by atoms with Crippen molar-refractivity contribution < 1.29 is 33.0 Å². The zero-order valence-electron chi connectivity index (χ0n) is 23.8. The van der Waals surface area contributed by atoms with Gasteiger partial charge in [0.15, 0.2) is 5.60 Å². The van der Waals surface area contributed by atoms with Crippen molar-refractivity contribution in [1.29, 1.82) is 0 Å². The first-order chi connectivity index (χ1) is 20.6. The van der Waals surface area contributed by atoms with Gasteiger partial charge in [-0.15, -0.1) is 0 Å². The van der Waals surface area contributed by atoms with Crippen molar-refractivity contribution in [3.63, 3.8) is 0 Å². The summed E-state index contributed by atoms with van der Waals surface area (Å²) in [5.41, 5.74) is 2.63. The van der Waals surface area contributed by atoms with Crippen LogP contribution in [0.1, 0.15) is 79.3 Å². The second kappa shape index (κ2) is 12.9. The van der Waals surface area contributed by atoms with Crippen LogP contribution in [0.15, 0.2) is 84.9 Å². The van der Waals surface area contributed by atoms with E-state index in [9.17, 15) is 23.1 Å². The van der Waals surface area contributed by atoms with E-state index in [1.165, 1.54) is 25.8 Å². The van der Waals surface area contributed by atoms with Gasteiger partial charge in [-0.25, -0.2) is 4.79 Å². The van der Waals surface area contributed by atoms with Crippen LogP contribution in [0, 0.1) is 5.92 Å². The molecule has 3 aromatic rings. The van der Waals surface area contributed by atoms with E-state index in [2.05, 4.69) is 34.5 Å². The first-order valence-corrected chi connectivity index (χ1v) is 14.9. The molecule has 3 N–H and O–H groups in total. The van der Waals surface area contributed by atoms with E-state index in [0.717, 1.165) is 25.7 Å². The molecular weight excluding hydrogens is 557 g/mol. The van der Waals surface area contributed by atoms with Crippen LogP contribution >= 0.6 is 0 Å². The van der Waals surface area contributed by atoms with Crippen molar-refractivity contribution in [2.24, 2.45) is 5.92 Å². The highest BCUT2D eigenvalue weighted by Crippen LogP contribution is 2.53. The molecule has 43 heavy (non-hydrogen) atoms. The third kappa shape index (κ3) is 6.63. The lowest BCUT2D eigenvalue weighted by molar-refractivity contribution is -0.192. The first kappa shape index (κ1) is 30.8. The van der Waals surface area contributed by atoms with Crippen molar-refractivity contribution in [1.82, 2.24) is 10.2 Å². The van der Waals surface area contributed by atoms with Crippen molar-refractivity contribution in [2.75, 3.05) is 6.54 Å². The molecule has 2 heterocycles. The van der Waals surface area contributed by atoms with Gasteiger partial charge in [0.05, 0.1) is 0 Å². The SMILES string of the molecule is O=C(NC1CCC(CCN2C3CCC2c2ccccc23)CC1)C(O)(c1ccccc1)c1ccccc1.O=C(O)C(F)(F)F. The van der Waals surface area contributed by atoms with Crippen LogP contribution in [0.4, 0.5) is 13.2 Å². The predicted octanol–water partition coefficient (Wildman–Crippen LogP) is 6.51. The maximum absolute atomic E-state index is 13.5. The summed E-state index contributed by atoms with van der Waals surface area (Å²) in [7, 11) is 0. The second-order valence-corrected chi connectivity index (χ2v) is 11.7. The number of rotatable bonds is 7. The van der Waals surface area contributed by atoms with Crippen LogP contribution in [-0.2, 0) is 15.2 Å². The Hall–Kier alpha value is -3.69. The minimum Gasteiger partial charge on any atom is -0.475 e. The minimum atomic E-state index is -5.08. The Morgan fingerprint density at radius 2 is 1.19 bits per heavy atom. The van der Waals surface area contributed by atoms with Crippen LogP contribution < -0.4 is 5.32 Å². The van der Waals surface area contributed by atoms with Crippen molar-refractivity contribution >= 4 is 11.9 Å². The van der Waals surface area contributed by atoms with E-state index in [-0.39, 0.29) is 11.9 Å². The molecule has 2 atom stereocenters. The molecule has 2 aliphatic heterocycles. The van der Waals surface area contributed by atoms with Gasteiger partial charge in [0.1, 0.15) is 0 Å². The van der Waals surface area contributed by atoms with E-state index < -0.39 is 17.7 Å². The number of amides is 1. The van der Waals surface area contributed by atoms with Crippen LogP contribution in [0.2, 0.25) is 0 Å². The van der Waals surface area contributed by atoms with Gasteiger partial charge in [0, 0.05) is 18.1 Å². The lowest BCUT2D eigenvalue weighted by Crippen LogP contribution is -2.49. The molecule has 2 unspecified atom stereocenters. The van der Waals surface area contributed by atoms with E-state index in [4.69, 9.17) is 9.90 Å². The minimum absolute atomic E-state index is 0.111. The Bertz CT molecular complexity index is 1320. The van der Waals surface area contributed by atoms with Gasteiger partial charge in [-0.2, -0.15) is 13.2 Å². The maximum Gasteiger partial charge on any atom is 0.490 e. The molecule has 0 aromatic heterocycles. The zero-order valence-corrected chi connectivity index (χ0v) is 23.8. The highest BCUT2D eigenvalue weighted by Gasteiger charge is 2.44. The number of aliphatic carboxylic acids is 1. The molecule has 0 radical (unpaired) electrons. The maximum atomic E-state index is 13.5. The molecule has 0 spiro atoms. The molecular formula is C34H37F3N2O4. The Morgan fingerprint density at radius 3 is 1.63 bits per heavy atom. The number of carbonyl (C=O) groups is 2. The largest absolute Gasteiger partial charge is 0.490 e. The summed E-state index contributed by atoms with van der Waals surface area (Å²) < 4.78 is 31.7. The Balaban J connectivity index is 0.000000472. The molecule has 1 saturated heterocycles. The summed E-state index contributed by atoms with van der Waals surface area (Å²) in [5.74, 6) is -2.37. The molecule has 1 saturated carbocycles. The number of alkyl halides is 3. The Morgan fingerprint density at radius 1 is 0.744 bits per heavy atom. The average molecular weight is 595 g/mol. The number of fused-ring (bicyclic) bond motifs is 5. The van der Waals surface area contributed by atoms with Gasteiger partial charge < -0.3 is 15.5 Å². The molecule has 3 aliphatic rings. The highest BCUT2D eigenvalue weighted by molar-refractivity contribution is 5.90. The normalized spacial score (nSPS) is 23.2. The monoisotopic (exact) mass is 594 g/mol. The van der Waals surface area contributed by atoms with Crippen molar-refractivity contribution in [3.8, 4) is 0 Å². The molecule has 6 rings (SSSR count). The summed E-state index contributed by atoms with van der Waals surface area (Å²) in [6.07, 6.45) is 2.97. The smallest absolute Gasteiger partial charge is 0.475 e. The van der Waals surface area contributed by atoms with Crippen LogP contribution in [-0.4, -0.2) is 45.8 Å². The third-order valence-corrected chi connectivity index (χ3v) is 9.16. The molecule has 9 heteroatoms. The van der Waals surface area contributed by atoms with Gasteiger partial charge in [0.25, 0.3) is 5.91 Å². The number of hydrogen-bond donors (Lipinski definition) is 3. The molecule has 3 aromatic carbocycles. The molecule has 2 fully saturated rings. The summed E-state index contributed by atoms with van der Waals surface area (Å²) in [6, 6.07) is 29.0. The van der Waals surface area contributed by atoms with Crippen LogP contribution in [0.25, 0.3) is 0 Å². The standard InChI is InChI=1S/C32H36N2O2.C2HF3O2/c35-31(32(36,24-9-3-1-4-10-24)25-11-5-2-6-12-25)33-26-17-15-23(16-18-26)21-22-34-29-19-20-30(34)28-14-8-7-13-27(28)29;3-2(4,5)1(6)7/h1-14,23,26,29-30,36H,15-22H2,(H,33,35);(H,6,7). The first-order valence-electron chi connectivity index (χ1n) is 14.9. The third-order valence-electron chi connectivity index (χ3n) is 9.16. The Kier molecular flexibility index (Phi) is 9.22. The molecule has 1 amide bonds. The van der Waals surface area contributed by atoms with E-state index >= 15 is 0 Å². The number of hydrogen-bond acceptors (Lipinski definition) is 4. The fourth-order valence-electron chi connectivity index (χ4n) is 6.97. The summed E-state index contributed by atoms with van der Waals surface area (Å²) >= 11 is 0. The number of benzene rings is 3. The van der Waals surface area contributed by atoms with Crippen molar-refractivity contribution in [2.45, 2.75) is 74.8 Å². The van der Waals surface area contributed by atoms with Crippen LogP contribution in [0.5, 0.6) is 0 Å². The predicted molar refractivity (Wildman–Crippen MR) is 156 cm³/mol. The van der Waals surface area contributed by atoms with Gasteiger partial charge >= 0.3 is 12.1 Å². The molecule has 228 valence electrons. The van der Waals surface area contributed by atoms with E-state index in [1.54, 1.807) is 11.1 Å². The Labute approximate surface area is 249 Å². The zero-order chi connectivity index (χ0) is 30.6. The second-order valence-electron chi connectivity index (χ2n) is 11.7. The number of aliphatic hydroxyl groups is 1. The van der Waals surface area contributed by atoms with Crippen molar-refractivity contribution in [3.05, 3.63) is 107 Å². The number of carboxylic acids is 1. The van der Waals surface area contributed by atoms with E-state index in [1.807, 2.05) is 60.7 Å². The summed E-state index contributed by atoms with van der Waals surface area (Å²) in [5, 5.41) is 22.1. The van der Waals surface area contributed by atoms with Gasteiger partial charge in [-0.05, 0) is 79.7 Å². The average Bonchev–Trinajstić information content (AvgIpc) is 3.57. The number of nitrogens with one attached hydrogen (secondary N) is 1. The molecule has 2 bridgehead atoms. The lowest BCUT2D eigenvalue weighted by Gasteiger charge is -2.34. The van der Waals surface area contributed by atoms with E-state index in [0.29, 0.717) is 29.1 Å².